The Labute approximate surface area is 111 Å². The van der Waals surface area contributed by atoms with Crippen LogP contribution in [0.1, 0.15) is 46.0 Å². The van der Waals surface area contributed by atoms with Gasteiger partial charge in [-0.05, 0) is 38.1 Å². The average Bonchev–Trinajstić information content (AvgIpc) is 2.35. The van der Waals surface area contributed by atoms with Crippen molar-refractivity contribution in [2.75, 3.05) is 26.2 Å². The molecule has 0 radical (unpaired) electrons. The molecule has 2 aliphatic rings. The van der Waals surface area contributed by atoms with Crippen molar-refractivity contribution in [2.45, 2.75) is 46.0 Å². The number of hydrogen-bond donors (Lipinski definition) is 1. The quantitative estimate of drug-likeness (QED) is 0.837. The molecule has 0 bridgehead atoms. The summed E-state index contributed by atoms with van der Waals surface area (Å²) < 4.78 is 0. The Balaban J connectivity index is 1.90. The maximum absolute atomic E-state index is 12.4. The van der Waals surface area contributed by atoms with Gasteiger partial charge in [0.05, 0.1) is 0 Å². The topological polar surface area (TPSA) is 40.5 Å². The van der Waals surface area contributed by atoms with Crippen LogP contribution < -0.4 is 0 Å². The highest BCUT2D eigenvalue weighted by Crippen LogP contribution is 2.36. The third-order valence-electron chi connectivity index (χ3n) is 4.73. The van der Waals surface area contributed by atoms with Gasteiger partial charge in [-0.2, -0.15) is 0 Å². The molecule has 3 heteroatoms. The fraction of sp³-hybridized carbons (Fsp3) is 0.933. The molecule has 0 aromatic rings. The van der Waals surface area contributed by atoms with Gasteiger partial charge < -0.3 is 10.0 Å². The maximum atomic E-state index is 12.4. The predicted molar refractivity (Wildman–Crippen MR) is 72.4 cm³/mol. The van der Waals surface area contributed by atoms with Crippen LogP contribution in [-0.4, -0.2) is 42.0 Å². The van der Waals surface area contributed by atoms with Crippen molar-refractivity contribution in [3.8, 4) is 0 Å². The van der Waals surface area contributed by atoms with Crippen molar-refractivity contribution in [2.24, 2.45) is 17.3 Å². The van der Waals surface area contributed by atoms with Gasteiger partial charge in [-0.1, -0.05) is 20.3 Å². The van der Waals surface area contributed by atoms with E-state index in [1.54, 1.807) is 0 Å². The first-order valence-corrected chi connectivity index (χ1v) is 7.40. The van der Waals surface area contributed by atoms with E-state index in [4.69, 9.17) is 0 Å². The predicted octanol–water partition coefficient (Wildman–Crippen LogP) is 2.09. The Bertz CT molecular complexity index is 301. The van der Waals surface area contributed by atoms with Crippen LogP contribution in [0.15, 0.2) is 0 Å². The molecule has 1 saturated carbocycles. The Morgan fingerprint density at radius 3 is 2.83 bits per heavy atom. The van der Waals surface area contributed by atoms with Gasteiger partial charge in [0.25, 0.3) is 0 Å². The number of ketones is 1. The number of piperidine rings is 1. The van der Waals surface area contributed by atoms with Crippen molar-refractivity contribution in [1.29, 1.82) is 0 Å². The van der Waals surface area contributed by atoms with Crippen molar-refractivity contribution >= 4 is 5.78 Å². The third-order valence-corrected chi connectivity index (χ3v) is 4.73. The molecule has 1 N–H and O–H groups in total. The smallest absolute Gasteiger partial charge is 0.142 e. The minimum absolute atomic E-state index is 0.116. The highest BCUT2D eigenvalue weighted by Gasteiger charge is 2.38. The standard InChI is InChI=1S/C15H27NO2/c1-15(2)7-3-6-13(14(15)18)10-16-8-4-5-12(9-16)11-17/h12-13,17H,3-11H2,1-2H3. The summed E-state index contributed by atoms with van der Waals surface area (Å²) in [6.07, 6.45) is 5.58. The molecule has 2 unspecified atom stereocenters. The minimum atomic E-state index is -0.116. The summed E-state index contributed by atoms with van der Waals surface area (Å²) in [5.74, 6) is 1.11. The number of aliphatic hydroxyl groups is 1. The summed E-state index contributed by atoms with van der Waals surface area (Å²) in [5.41, 5.74) is -0.116. The largest absolute Gasteiger partial charge is 0.396 e. The summed E-state index contributed by atoms with van der Waals surface area (Å²) in [6.45, 7) is 7.46. The molecular formula is C15H27NO2. The molecule has 1 aliphatic carbocycles. The van der Waals surface area contributed by atoms with Crippen LogP contribution in [0.5, 0.6) is 0 Å². The molecule has 1 aliphatic heterocycles. The second-order valence-corrected chi connectivity index (χ2v) is 6.79. The van der Waals surface area contributed by atoms with Gasteiger partial charge >= 0.3 is 0 Å². The number of aliphatic hydroxyl groups excluding tert-OH is 1. The number of hydrogen-bond acceptors (Lipinski definition) is 3. The van der Waals surface area contributed by atoms with Crippen LogP contribution in [0, 0.1) is 17.3 Å². The van der Waals surface area contributed by atoms with Crippen LogP contribution in [-0.2, 0) is 4.79 Å². The fourth-order valence-corrected chi connectivity index (χ4v) is 3.55. The molecular weight excluding hydrogens is 226 g/mol. The molecule has 0 aromatic heterocycles. The van der Waals surface area contributed by atoms with Crippen LogP contribution in [0.4, 0.5) is 0 Å². The van der Waals surface area contributed by atoms with Crippen LogP contribution in [0.25, 0.3) is 0 Å². The third kappa shape index (κ3) is 3.12. The average molecular weight is 253 g/mol. The number of likely N-dealkylation sites (tertiary alicyclic amines) is 1. The van der Waals surface area contributed by atoms with Gasteiger partial charge in [0.1, 0.15) is 5.78 Å². The summed E-state index contributed by atoms with van der Waals surface area (Å²) in [7, 11) is 0. The lowest BCUT2D eigenvalue weighted by atomic mass is 9.71. The number of carbonyl (C=O) groups excluding carboxylic acids is 1. The van der Waals surface area contributed by atoms with E-state index in [2.05, 4.69) is 18.7 Å². The molecule has 2 atom stereocenters. The number of Topliss-reactive ketones (excluding diaryl/α,β-unsaturated/α-hetero) is 1. The molecule has 18 heavy (non-hydrogen) atoms. The molecule has 3 nitrogen and oxygen atoms in total. The highest BCUT2D eigenvalue weighted by atomic mass is 16.3. The zero-order chi connectivity index (χ0) is 13.2. The van der Waals surface area contributed by atoms with Crippen molar-refractivity contribution in [3.63, 3.8) is 0 Å². The van der Waals surface area contributed by atoms with E-state index in [1.165, 1.54) is 6.42 Å². The van der Waals surface area contributed by atoms with E-state index < -0.39 is 0 Å². The number of carbonyl (C=O) groups is 1. The second kappa shape index (κ2) is 5.70. The molecule has 2 fully saturated rings. The monoisotopic (exact) mass is 253 g/mol. The lowest BCUT2D eigenvalue weighted by Crippen LogP contribution is -2.45. The minimum Gasteiger partial charge on any atom is -0.396 e. The van der Waals surface area contributed by atoms with E-state index >= 15 is 0 Å². The summed E-state index contributed by atoms with van der Waals surface area (Å²) in [4.78, 5) is 14.8. The zero-order valence-corrected chi connectivity index (χ0v) is 11.8. The first-order valence-electron chi connectivity index (χ1n) is 7.40. The first-order chi connectivity index (χ1) is 8.53. The lowest BCUT2D eigenvalue weighted by Gasteiger charge is -2.38. The van der Waals surface area contributed by atoms with Crippen molar-refractivity contribution < 1.29 is 9.90 Å². The molecule has 0 spiro atoms. The summed E-state index contributed by atoms with van der Waals surface area (Å²) in [5, 5.41) is 9.26. The van der Waals surface area contributed by atoms with Crippen LogP contribution in [0.3, 0.4) is 0 Å². The Kier molecular flexibility index (Phi) is 4.44. The molecule has 104 valence electrons. The molecule has 2 rings (SSSR count). The van der Waals surface area contributed by atoms with Gasteiger partial charge in [0.2, 0.25) is 0 Å². The number of nitrogens with zero attached hydrogens (tertiary/aromatic N) is 1. The van der Waals surface area contributed by atoms with Crippen LogP contribution >= 0.6 is 0 Å². The Hall–Kier alpha value is -0.410. The summed E-state index contributed by atoms with van der Waals surface area (Å²) >= 11 is 0. The first kappa shape index (κ1) is 14.0. The normalized spacial score (nSPS) is 33.6. The fourth-order valence-electron chi connectivity index (χ4n) is 3.55. The molecule has 1 heterocycles. The van der Waals surface area contributed by atoms with Gasteiger partial charge in [0, 0.05) is 31.0 Å². The Morgan fingerprint density at radius 2 is 2.11 bits per heavy atom. The maximum Gasteiger partial charge on any atom is 0.142 e. The van der Waals surface area contributed by atoms with Crippen LogP contribution in [0.2, 0.25) is 0 Å². The highest BCUT2D eigenvalue weighted by molar-refractivity contribution is 5.87. The van der Waals surface area contributed by atoms with E-state index in [9.17, 15) is 9.90 Å². The van der Waals surface area contributed by atoms with E-state index in [0.717, 1.165) is 45.3 Å². The SMILES string of the molecule is CC1(C)CCCC(CN2CCCC(CO)C2)C1=O. The van der Waals surface area contributed by atoms with Crippen molar-refractivity contribution in [1.82, 2.24) is 4.90 Å². The Morgan fingerprint density at radius 1 is 1.33 bits per heavy atom. The summed E-state index contributed by atoms with van der Waals surface area (Å²) in [6, 6.07) is 0. The van der Waals surface area contributed by atoms with Crippen molar-refractivity contribution in [3.05, 3.63) is 0 Å². The van der Waals surface area contributed by atoms with E-state index in [-0.39, 0.29) is 11.3 Å². The molecule has 0 aromatic carbocycles. The second-order valence-electron chi connectivity index (χ2n) is 6.79. The zero-order valence-electron chi connectivity index (χ0n) is 11.8. The van der Waals surface area contributed by atoms with Gasteiger partial charge in [-0.3, -0.25) is 4.79 Å². The lowest BCUT2D eigenvalue weighted by molar-refractivity contribution is -0.135. The van der Waals surface area contributed by atoms with E-state index in [1.807, 2.05) is 0 Å². The van der Waals surface area contributed by atoms with Gasteiger partial charge in [-0.25, -0.2) is 0 Å². The molecule has 0 amide bonds. The van der Waals surface area contributed by atoms with Gasteiger partial charge in [0.15, 0.2) is 0 Å². The molecule has 1 saturated heterocycles. The van der Waals surface area contributed by atoms with E-state index in [0.29, 0.717) is 18.3 Å². The van der Waals surface area contributed by atoms with Gasteiger partial charge in [-0.15, -0.1) is 0 Å². The number of rotatable bonds is 3.